The Bertz CT molecular complexity index is 495. The third-order valence-electron chi connectivity index (χ3n) is 2.40. The van der Waals surface area contributed by atoms with Gasteiger partial charge < -0.3 is 9.64 Å². The number of pyridine rings is 1. The zero-order valence-corrected chi connectivity index (χ0v) is 9.92. The Kier molecular flexibility index (Phi) is 3.46. The summed E-state index contributed by atoms with van der Waals surface area (Å²) in [4.78, 5) is 2.02. The van der Waals surface area contributed by atoms with Gasteiger partial charge in [-0.15, -0.1) is 5.10 Å². The average molecular weight is 236 g/mol. The standard InChI is InChI=1S/C11H16N4O2/c1-14(2)7-8-17-11-10(13-16)9-5-3-4-6-15(9)12-11/h3-6,13,16H,7-8H2,1-2H3. The molecule has 2 N–H and O–H groups in total. The fourth-order valence-electron chi connectivity index (χ4n) is 1.51. The molecule has 2 rings (SSSR count). The highest BCUT2D eigenvalue weighted by Gasteiger charge is 2.12. The first-order chi connectivity index (χ1) is 8.22. The fraction of sp³-hybridized carbons (Fsp3) is 0.364. The lowest BCUT2D eigenvalue weighted by atomic mass is 10.3. The van der Waals surface area contributed by atoms with Crippen LogP contribution in [0.1, 0.15) is 0 Å². The third kappa shape index (κ3) is 2.48. The van der Waals surface area contributed by atoms with Crippen molar-refractivity contribution in [2.75, 3.05) is 32.7 Å². The predicted molar refractivity (Wildman–Crippen MR) is 64.7 cm³/mol. The maximum absolute atomic E-state index is 9.12. The molecule has 0 spiro atoms. The van der Waals surface area contributed by atoms with Crippen molar-refractivity contribution in [1.82, 2.24) is 14.5 Å². The molecule has 0 saturated heterocycles. The highest BCUT2D eigenvalue weighted by molar-refractivity contribution is 5.76. The third-order valence-corrected chi connectivity index (χ3v) is 2.40. The number of ether oxygens (including phenoxy) is 1. The summed E-state index contributed by atoms with van der Waals surface area (Å²) in [5.41, 5.74) is 3.40. The highest BCUT2D eigenvalue weighted by atomic mass is 16.5. The summed E-state index contributed by atoms with van der Waals surface area (Å²) in [6.45, 7) is 1.31. The summed E-state index contributed by atoms with van der Waals surface area (Å²) in [6, 6.07) is 5.59. The first-order valence-corrected chi connectivity index (χ1v) is 5.37. The molecule has 6 heteroatoms. The Balaban J connectivity index is 2.21. The van der Waals surface area contributed by atoms with E-state index in [1.54, 1.807) is 10.7 Å². The van der Waals surface area contributed by atoms with Crippen molar-refractivity contribution in [2.45, 2.75) is 0 Å². The quantitative estimate of drug-likeness (QED) is 0.760. The van der Waals surface area contributed by atoms with Crippen molar-refractivity contribution in [2.24, 2.45) is 0 Å². The van der Waals surface area contributed by atoms with Crippen LogP contribution in [0.25, 0.3) is 5.52 Å². The molecule has 2 aromatic rings. The zero-order valence-electron chi connectivity index (χ0n) is 9.92. The van der Waals surface area contributed by atoms with E-state index in [1.165, 1.54) is 0 Å². The molecule has 0 saturated carbocycles. The molecule has 17 heavy (non-hydrogen) atoms. The molecule has 0 radical (unpaired) electrons. The number of anilines is 1. The Morgan fingerprint density at radius 3 is 3.00 bits per heavy atom. The largest absolute Gasteiger partial charge is 0.474 e. The molecule has 0 bridgehead atoms. The van der Waals surface area contributed by atoms with E-state index in [2.05, 4.69) is 10.6 Å². The SMILES string of the molecule is CN(C)CCOc1nn2ccccc2c1NO. The van der Waals surface area contributed by atoms with Crippen molar-refractivity contribution in [3.8, 4) is 5.88 Å². The highest BCUT2D eigenvalue weighted by Crippen LogP contribution is 2.27. The van der Waals surface area contributed by atoms with Crippen molar-refractivity contribution in [3.05, 3.63) is 24.4 Å². The zero-order chi connectivity index (χ0) is 12.3. The van der Waals surface area contributed by atoms with Gasteiger partial charge in [0.05, 0.1) is 5.52 Å². The first kappa shape index (κ1) is 11.7. The van der Waals surface area contributed by atoms with Gasteiger partial charge >= 0.3 is 0 Å². The molecule has 2 aromatic heterocycles. The van der Waals surface area contributed by atoms with E-state index < -0.39 is 0 Å². The molecule has 0 aromatic carbocycles. The van der Waals surface area contributed by atoms with E-state index in [-0.39, 0.29) is 0 Å². The first-order valence-electron chi connectivity index (χ1n) is 5.37. The molecule has 0 fully saturated rings. The summed E-state index contributed by atoms with van der Waals surface area (Å²) in [6.07, 6.45) is 1.80. The Labute approximate surface area is 99.4 Å². The molecule has 92 valence electrons. The minimum atomic E-state index is 0.403. The van der Waals surface area contributed by atoms with Gasteiger partial charge in [0.15, 0.2) is 0 Å². The Morgan fingerprint density at radius 2 is 2.29 bits per heavy atom. The lowest BCUT2D eigenvalue weighted by molar-refractivity contribution is 0.252. The number of fused-ring (bicyclic) bond motifs is 1. The van der Waals surface area contributed by atoms with E-state index in [4.69, 9.17) is 9.94 Å². The number of rotatable bonds is 5. The monoisotopic (exact) mass is 236 g/mol. The van der Waals surface area contributed by atoms with Gasteiger partial charge in [0.1, 0.15) is 12.3 Å². The van der Waals surface area contributed by atoms with Crippen LogP contribution in [-0.4, -0.2) is 47.0 Å². The van der Waals surface area contributed by atoms with E-state index in [0.29, 0.717) is 18.2 Å². The minimum absolute atomic E-state index is 0.403. The lowest BCUT2D eigenvalue weighted by Gasteiger charge is -2.09. The van der Waals surface area contributed by atoms with Gasteiger partial charge in [0.25, 0.3) is 5.88 Å². The molecule has 0 atom stereocenters. The molecule has 0 amide bonds. The fourth-order valence-corrected chi connectivity index (χ4v) is 1.51. The normalized spacial score (nSPS) is 11.1. The second-order valence-corrected chi connectivity index (χ2v) is 3.97. The van der Waals surface area contributed by atoms with Crippen LogP contribution in [0.3, 0.4) is 0 Å². The van der Waals surface area contributed by atoms with Gasteiger partial charge in [-0.05, 0) is 26.2 Å². The summed E-state index contributed by atoms with van der Waals surface area (Å²) in [7, 11) is 3.94. The van der Waals surface area contributed by atoms with Crippen LogP contribution >= 0.6 is 0 Å². The van der Waals surface area contributed by atoms with Crippen LogP contribution in [0.5, 0.6) is 5.88 Å². The van der Waals surface area contributed by atoms with Crippen LogP contribution in [0, 0.1) is 0 Å². The van der Waals surface area contributed by atoms with Gasteiger partial charge in [-0.1, -0.05) is 6.07 Å². The van der Waals surface area contributed by atoms with E-state index >= 15 is 0 Å². The molecular formula is C11H16N4O2. The van der Waals surface area contributed by atoms with Crippen LogP contribution < -0.4 is 10.2 Å². The van der Waals surface area contributed by atoms with Gasteiger partial charge in [0.2, 0.25) is 0 Å². The van der Waals surface area contributed by atoms with E-state index in [1.807, 2.05) is 37.2 Å². The van der Waals surface area contributed by atoms with Gasteiger partial charge in [0, 0.05) is 12.7 Å². The molecule has 0 aliphatic carbocycles. The van der Waals surface area contributed by atoms with Crippen molar-refractivity contribution in [3.63, 3.8) is 0 Å². The molecule has 0 aliphatic heterocycles. The second-order valence-electron chi connectivity index (χ2n) is 3.97. The minimum Gasteiger partial charge on any atom is -0.474 e. The van der Waals surface area contributed by atoms with Crippen LogP contribution in [0.2, 0.25) is 0 Å². The van der Waals surface area contributed by atoms with Gasteiger partial charge in [-0.3, -0.25) is 10.7 Å². The van der Waals surface area contributed by atoms with Crippen LogP contribution in [-0.2, 0) is 0 Å². The van der Waals surface area contributed by atoms with Crippen LogP contribution in [0.4, 0.5) is 5.69 Å². The average Bonchev–Trinajstić information content (AvgIpc) is 2.66. The topological polar surface area (TPSA) is 62.0 Å². The number of aromatic nitrogens is 2. The number of hydrogen-bond donors (Lipinski definition) is 2. The number of hydrogen-bond acceptors (Lipinski definition) is 5. The number of nitrogens with one attached hydrogen (secondary N) is 1. The van der Waals surface area contributed by atoms with Gasteiger partial charge in [-0.2, -0.15) is 0 Å². The van der Waals surface area contributed by atoms with Crippen molar-refractivity contribution >= 4 is 11.2 Å². The maximum Gasteiger partial charge on any atom is 0.259 e. The number of likely N-dealkylation sites (N-methyl/N-ethyl adjacent to an activating group) is 1. The number of nitrogens with zero attached hydrogens (tertiary/aromatic N) is 3. The lowest BCUT2D eigenvalue weighted by Crippen LogP contribution is -2.19. The van der Waals surface area contributed by atoms with E-state index in [0.717, 1.165) is 12.1 Å². The van der Waals surface area contributed by atoms with Crippen molar-refractivity contribution in [1.29, 1.82) is 0 Å². The smallest absolute Gasteiger partial charge is 0.259 e. The molecule has 6 nitrogen and oxygen atoms in total. The summed E-state index contributed by atoms with van der Waals surface area (Å²) >= 11 is 0. The van der Waals surface area contributed by atoms with Crippen molar-refractivity contribution < 1.29 is 9.94 Å². The Hall–Kier alpha value is -1.79. The maximum atomic E-state index is 9.12. The predicted octanol–water partition coefficient (Wildman–Crippen LogP) is 1.08. The Morgan fingerprint density at radius 1 is 1.47 bits per heavy atom. The summed E-state index contributed by atoms with van der Waals surface area (Å²) in [5.74, 6) is 0.403. The second kappa shape index (κ2) is 5.03. The summed E-state index contributed by atoms with van der Waals surface area (Å²) < 4.78 is 7.18. The van der Waals surface area contributed by atoms with Gasteiger partial charge in [-0.25, -0.2) is 4.52 Å². The molecule has 0 unspecified atom stereocenters. The molecule has 2 heterocycles. The van der Waals surface area contributed by atoms with E-state index in [9.17, 15) is 0 Å². The summed E-state index contributed by atoms with van der Waals surface area (Å²) in [5, 5.41) is 13.4. The van der Waals surface area contributed by atoms with Crippen LogP contribution in [0.15, 0.2) is 24.4 Å². The molecule has 0 aliphatic rings. The molecular weight excluding hydrogens is 220 g/mol.